The molecule has 0 radical (unpaired) electrons. The molecule has 1 aromatic carbocycles. The summed E-state index contributed by atoms with van der Waals surface area (Å²) in [6.45, 7) is 4.88. The van der Waals surface area contributed by atoms with Crippen LogP contribution in [0.4, 0.5) is 5.82 Å². The van der Waals surface area contributed by atoms with Gasteiger partial charge >= 0.3 is 0 Å². The fourth-order valence-electron chi connectivity index (χ4n) is 4.92. The first-order chi connectivity index (χ1) is 19.7. The first kappa shape index (κ1) is 27.9. The topological polar surface area (TPSA) is 119 Å². The molecule has 0 unspecified atom stereocenters. The molecule has 1 N–H and O–H groups in total. The predicted molar refractivity (Wildman–Crippen MR) is 157 cm³/mol. The fourth-order valence-corrected chi connectivity index (χ4v) is 4.92. The molecular weight excluding hydrogens is 520 g/mol. The Hall–Kier alpha value is -4.64. The molecule has 0 spiro atoms. The number of aryl methyl sites for hydroxylation is 1. The summed E-state index contributed by atoms with van der Waals surface area (Å²) >= 11 is 0. The van der Waals surface area contributed by atoms with Gasteiger partial charge in [-0.2, -0.15) is 0 Å². The molecule has 3 aromatic heterocycles. The maximum absolute atomic E-state index is 13.4. The van der Waals surface area contributed by atoms with Gasteiger partial charge in [0.25, 0.3) is 17.6 Å². The molecule has 4 heterocycles. The van der Waals surface area contributed by atoms with Crippen molar-refractivity contribution in [3.63, 3.8) is 0 Å². The van der Waals surface area contributed by atoms with Gasteiger partial charge < -0.3 is 24.6 Å². The first-order valence-electron chi connectivity index (χ1n) is 13.6. The van der Waals surface area contributed by atoms with E-state index in [-0.39, 0.29) is 5.91 Å². The average molecular weight is 555 g/mol. The number of H-pyrrole nitrogens is 1. The minimum absolute atomic E-state index is 0.0763. The van der Waals surface area contributed by atoms with Gasteiger partial charge in [0.15, 0.2) is 0 Å². The summed E-state index contributed by atoms with van der Waals surface area (Å²) in [7, 11) is 6.01. The SMILES string of the molecule is Cc1cnc(-c2cnc(N(C)CCN(C)C)cn2)c2[nH]cc(C(=O)C(=O)N3CCN(C(=O)c4ccccc4)CC3)c12. The van der Waals surface area contributed by atoms with E-state index in [4.69, 9.17) is 0 Å². The van der Waals surface area contributed by atoms with Crippen LogP contribution in [0, 0.1) is 6.92 Å². The summed E-state index contributed by atoms with van der Waals surface area (Å²) in [6.07, 6.45) is 6.62. The Morgan fingerprint density at radius 1 is 0.878 bits per heavy atom. The summed E-state index contributed by atoms with van der Waals surface area (Å²) in [4.78, 5) is 63.7. The largest absolute Gasteiger partial charge is 0.359 e. The van der Waals surface area contributed by atoms with E-state index in [1.807, 2.05) is 51.2 Å². The number of carbonyl (C=O) groups is 3. The molecule has 0 bridgehead atoms. The van der Waals surface area contributed by atoms with Crippen molar-refractivity contribution in [2.24, 2.45) is 0 Å². The number of nitrogens with one attached hydrogen (secondary N) is 1. The Kier molecular flexibility index (Phi) is 8.06. The normalized spacial score (nSPS) is 13.6. The number of piperazine rings is 1. The van der Waals surface area contributed by atoms with Crippen molar-refractivity contribution in [3.8, 4) is 11.4 Å². The van der Waals surface area contributed by atoms with Gasteiger partial charge in [0.05, 0.1) is 23.5 Å². The second-order valence-electron chi connectivity index (χ2n) is 10.5. The number of pyridine rings is 1. The molecule has 11 heteroatoms. The summed E-state index contributed by atoms with van der Waals surface area (Å²) in [5.74, 6) is -0.506. The quantitative estimate of drug-likeness (QED) is 0.261. The molecule has 0 saturated carbocycles. The monoisotopic (exact) mass is 554 g/mol. The van der Waals surface area contributed by atoms with Crippen molar-refractivity contribution in [1.82, 2.24) is 34.6 Å². The number of Topliss-reactive ketones (excluding diaryl/α,β-unsaturated/α-hetero) is 1. The summed E-state index contributed by atoms with van der Waals surface area (Å²) in [5.41, 5.74) is 3.42. The van der Waals surface area contributed by atoms with Crippen LogP contribution < -0.4 is 4.90 Å². The van der Waals surface area contributed by atoms with Crippen molar-refractivity contribution in [1.29, 1.82) is 0 Å². The summed E-state index contributed by atoms with van der Waals surface area (Å²) < 4.78 is 0. The molecule has 2 amide bonds. The van der Waals surface area contributed by atoms with E-state index < -0.39 is 11.7 Å². The molecule has 1 fully saturated rings. The van der Waals surface area contributed by atoms with Gasteiger partial charge in [-0.05, 0) is 38.7 Å². The van der Waals surface area contributed by atoms with E-state index in [9.17, 15) is 14.4 Å². The van der Waals surface area contributed by atoms with E-state index in [2.05, 4.69) is 24.8 Å². The van der Waals surface area contributed by atoms with E-state index in [0.29, 0.717) is 59.6 Å². The lowest BCUT2D eigenvalue weighted by molar-refractivity contribution is -0.127. The van der Waals surface area contributed by atoms with Gasteiger partial charge in [-0.15, -0.1) is 0 Å². The molecule has 1 aliphatic heterocycles. The highest BCUT2D eigenvalue weighted by molar-refractivity contribution is 6.45. The number of anilines is 1. The van der Waals surface area contributed by atoms with Gasteiger partial charge in [0.2, 0.25) is 0 Å². The average Bonchev–Trinajstić information content (AvgIpc) is 3.46. The Morgan fingerprint density at radius 3 is 2.24 bits per heavy atom. The van der Waals surface area contributed by atoms with Crippen molar-refractivity contribution < 1.29 is 14.4 Å². The third kappa shape index (κ3) is 5.80. The minimum atomic E-state index is -0.594. The van der Waals surface area contributed by atoms with Crippen molar-refractivity contribution in [2.45, 2.75) is 6.92 Å². The highest BCUT2D eigenvalue weighted by Gasteiger charge is 2.31. The van der Waals surface area contributed by atoms with Crippen LogP contribution in [0.1, 0.15) is 26.3 Å². The molecule has 212 valence electrons. The summed E-state index contributed by atoms with van der Waals surface area (Å²) in [5, 5.41) is 0.639. The smallest absolute Gasteiger partial charge is 0.295 e. The lowest BCUT2D eigenvalue weighted by Gasteiger charge is -2.34. The zero-order valence-electron chi connectivity index (χ0n) is 23.8. The number of fused-ring (bicyclic) bond motifs is 1. The molecule has 1 aliphatic rings. The lowest BCUT2D eigenvalue weighted by atomic mass is 10.0. The number of ketones is 1. The number of amides is 2. The molecular formula is C30H34N8O3. The molecule has 0 aliphatic carbocycles. The highest BCUT2D eigenvalue weighted by atomic mass is 16.2. The number of carbonyl (C=O) groups excluding carboxylic acids is 3. The van der Waals surface area contributed by atoms with Crippen LogP contribution in [0.15, 0.2) is 55.1 Å². The molecule has 11 nitrogen and oxygen atoms in total. The second kappa shape index (κ2) is 11.8. The third-order valence-electron chi connectivity index (χ3n) is 7.37. The Labute approximate surface area is 238 Å². The van der Waals surface area contributed by atoms with Crippen LogP contribution in [0.2, 0.25) is 0 Å². The van der Waals surface area contributed by atoms with Crippen LogP contribution in [-0.4, -0.2) is 113 Å². The number of hydrogen-bond donors (Lipinski definition) is 1. The Bertz CT molecular complexity index is 1560. The van der Waals surface area contributed by atoms with Crippen LogP contribution in [0.3, 0.4) is 0 Å². The van der Waals surface area contributed by atoms with Crippen LogP contribution >= 0.6 is 0 Å². The van der Waals surface area contributed by atoms with E-state index in [1.165, 1.54) is 4.90 Å². The van der Waals surface area contributed by atoms with Gasteiger partial charge in [-0.25, -0.2) is 9.97 Å². The van der Waals surface area contributed by atoms with Crippen molar-refractivity contribution in [3.05, 3.63) is 71.8 Å². The van der Waals surface area contributed by atoms with Gasteiger partial charge in [-0.1, -0.05) is 18.2 Å². The zero-order chi connectivity index (χ0) is 29.1. The van der Waals surface area contributed by atoms with Gasteiger partial charge in [0, 0.05) is 69.7 Å². The van der Waals surface area contributed by atoms with Crippen LogP contribution in [0.25, 0.3) is 22.3 Å². The van der Waals surface area contributed by atoms with Crippen LogP contribution in [-0.2, 0) is 4.79 Å². The number of benzene rings is 1. The number of aromatic nitrogens is 4. The van der Waals surface area contributed by atoms with Gasteiger partial charge in [-0.3, -0.25) is 19.4 Å². The number of aromatic amines is 1. The number of hydrogen-bond acceptors (Lipinski definition) is 8. The fraction of sp³-hybridized carbons (Fsp3) is 0.333. The maximum Gasteiger partial charge on any atom is 0.295 e. The molecule has 0 atom stereocenters. The Morgan fingerprint density at radius 2 is 1.59 bits per heavy atom. The van der Waals surface area contributed by atoms with Crippen molar-refractivity contribution in [2.75, 3.05) is 65.3 Å². The standard InChI is InChI=1S/C30H34N8O3/c1-20-16-33-26(23-18-32-24(19-31-23)36(4)11-10-35(2)3)27-25(20)22(17-34-27)28(39)30(41)38-14-12-37(13-15-38)29(40)21-8-6-5-7-9-21/h5-9,16-19,34H,10-15H2,1-4H3. The highest BCUT2D eigenvalue weighted by Crippen LogP contribution is 2.30. The molecule has 5 rings (SSSR count). The molecule has 4 aromatic rings. The number of nitrogens with zero attached hydrogens (tertiary/aromatic N) is 7. The molecule has 1 saturated heterocycles. The van der Waals surface area contributed by atoms with E-state index >= 15 is 0 Å². The van der Waals surface area contributed by atoms with Gasteiger partial charge in [0.1, 0.15) is 17.2 Å². The van der Waals surface area contributed by atoms with Crippen molar-refractivity contribution >= 4 is 34.3 Å². The molecule has 41 heavy (non-hydrogen) atoms. The number of rotatable bonds is 8. The third-order valence-corrected chi connectivity index (χ3v) is 7.37. The second-order valence-corrected chi connectivity index (χ2v) is 10.5. The first-order valence-corrected chi connectivity index (χ1v) is 13.6. The zero-order valence-corrected chi connectivity index (χ0v) is 23.8. The minimum Gasteiger partial charge on any atom is -0.359 e. The van der Waals surface area contributed by atoms with E-state index in [1.54, 1.807) is 41.8 Å². The lowest BCUT2D eigenvalue weighted by Crippen LogP contribution is -2.52. The maximum atomic E-state index is 13.4. The van der Waals surface area contributed by atoms with E-state index in [0.717, 1.165) is 24.5 Å². The Balaban J connectivity index is 1.31. The van der Waals surface area contributed by atoms with Crippen LogP contribution in [0.5, 0.6) is 0 Å². The number of likely N-dealkylation sites (N-methyl/N-ethyl adjacent to an activating group) is 2. The summed E-state index contributed by atoms with van der Waals surface area (Å²) in [6, 6.07) is 9.06. The predicted octanol–water partition coefficient (Wildman–Crippen LogP) is 2.49.